The molecule has 1 unspecified atom stereocenters. The predicted molar refractivity (Wildman–Crippen MR) is 160 cm³/mol. The summed E-state index contributed by atoms with van der Waals surface area (Å²) in [5, 5.41) is 4.75. The molecule has 3 aliphatic rings. The minimum Gasteiger partial charge on any atom is -0.492 e. The number of rotatable bonds is 4. The molecule has 0 radical (unpaired) electrons. The van der Waals surface area contributed by atoms with E-state index in [-0.39, 0.29) is 35.0 Å². The zero-order chi connectivity index (χ0) is 29.9. The van der Waals surface area contributed by atoms with E-state index >= 15 is 0 Å². The van der Waals surface area contributed by atoms with Gasteiger partial charge in [-0.2, -0.15) is 5.10 Å². The quantitative estimate of drug-likeness (QED) is 0.365. The lowest BCUT2D eigenvalue weighted by molar-refractivity contribution is 0.0184. The monoisotopic (exact) mass is 572 g/mol. The summed E-state index contributed by atoms with van der Waals surface area (Å²) in [7, 11) is 0. The zero-order valence-electron chi connectivity index (χ0n) is 25.4. The van der Waals surface area contributed by atoms with Gasteiger partial charge in [0.25, 0.3) is 0 Å². The molecule has 9 heteroatoms. The molecule has 1 amide bonds. The van der Waals surface area contributed by atoms with Crippen molar-refractivity contribution in [2.75, 3.05) is 19.7 Å². The fourth-order valence-electron chi connectivity index (χ4n) is 6.62. The van der Waals surface area contributed by atoms with Crippen molar-refractivity contribution in [3.8, 4) is 28.1 Å². The lowest BCUT2D eigenvalue weighted by atomic mass is 9.82. The Morgan fingerprint density at radius 2 is 1.86 bits per heavy atom. The first-order valence-corrected chi connectivity index (χ1v) is 15.0. The number of nitrogens with zero attached hydrogens (tertiary/aromatic N) is 4. The van der Waals surface area contributed by atoms with Crippen LogP contribution in [0, 0.1) is 5.92 Å². The van der Waals surface area contributed by atoms with Crippen LogP contribution in [-0.4, -0.2) is 56.4 Å². The molecule has 6 rings (SSSR count). The number of amides is 1. The average Bonchev–Trinajstić information content (AvgIpc) is 3.61. The van der Waals surface area contributed by atoms with E-state index in [1.54, 1.807) is 17.2 Å². The van der Waals surface area contributed by atoms with Crippen molar-refractivity contribution < 1.29 is 19.1 Å². The van der Waals surface area contributed by atoms with Gasteiger partial charge >= 0.3 is 6.09 Å². The Balaban J connectivity index is 1.33. The minimum atomic E-state index is -0.507. The number of Topliss-reactive ketones (excluding diaryl/α,β-unsaturated/α-hetero) is 1. The summed E-state index contributed by atoms with van der Waals surface area (Å²) in [4.78, 5) is 39.5. The Kier molecular flexibility index (Phi) is 7.02. The number of hydrogen-bond acceptors (Lipinski definition) is 6. The molecule has 1 atom stereocenters. The molecule has 0 bridgehead atoms. The highest BCUT2D eigenvalue weighted by molar-refractivity contribution is 5.94. The van der Waals surface area contributed by atoms with Crippen LogP contribution in [0.3, 0.4) is 0 Å². The SMILES string of the molecule is CC(=O)c1cn2c(cc1=O)-c1c(cc(-c3cnn(C4CCN(C(=O)OC(C)(C)C)CC4)c3)c3c1CCO3)CC2C(C)C. The molecule has 5 heterocycles. The van der Waals surface area contributed by atoms with E-state index in [0.717, 1.165) is 59.4 Å². The van der Waals surface area contributed by atoms with Crippen LogP contribution in [0.4, 0.5) is 4.79 Å². The number of aromatic nitrogens is 3. The van der Waals surface area contributed by atoms with Gasteiger partial charge in [0, 0.05) is 66.3 Å². The summed E-state index contributed by atoms with van der Waals surface area (Å²) in [6.07, 6.45) is 8.69. The maximum atomic E-state index is 13.0. The van der Waals surface area contributed by atoms with Gasteiger partial charge in [-0.15, -0.1) is 0 Å². The average molecular weight is 573 g/mol. The summed E-state index contributed by atoms with van der Waals surface area (Å²) in [5.74, 6) is 0.951. The molecule has 222 valence electrons. The summed E-state index contributed by atoms with van der Waals surface area (Å²) >= 11 is 0. The number of benzene rings is 1. The van der Waals surface area contributed by atoms with Crippen LogP contribution in [-0.2, 0) is 17.6 Å². The van der Waals surface area contributed by atoms with Gasteiger partial charge in [-0.3, -0.25) is 14.3 Å². The van der Waals surface area contributed by atoms with Crippen molar-refractivity contribution in [2.45, 2.75) is 84.9 Å². The van der Waals surface area contributed by atoms with E-state index in [4.69, 9.17) is 14.6 Å². The second-order valence-corrected chi connectivity index (χ2v) is 13.2. The van der Waals surface area contributed by atoms with Crippen LogP contribution < -0.4 is 10.2 Å². The first kappa shape index (κ1) is 28.2. The molecule has 0 spiro atoms. The van der Waals surface area contributed by atoms with Crippen molar-refractivity contribution >= 4 is 11.9 Å². The summed E-state index contributed by atoms with van der Waals surface area (Å²) in [6, 6.07) is 4.18. The Hall–Kier alpha value is -3.88. The van der Waals surface area contributed by atoms with Gasteiger partial charge in [0.15, 0.2) is 11.2 Å². The van der Waals surface area contributed by atoms with E-state index in [2.05, 4.69) is 30.7 Å². The van der Waals surface area contributed by atoms with Crippen LogP contribution in [0.1, 0.15) is 88.0 Å². The molecule has 42 heavy (non-hydrogen) atoms. The molecular formula is C33H40N4O5. The van der Waals surface area contributed by atoms with Gasteiger partial charge in [-0.1, -0.05) is 13.8 Å². The largest absolute Gasteiger partial charge is 0.492 e. The number of ether oxygens (including phenoxy) is 2. The van der Waals surface area contributed by atoms with E-state index < -0.39 is 5.60 Å². The predicted octanol–water partition coefficient (Wildman–Crippen LogP) is 5.84. The van der Waals surface area contributed by atoms with Gasteiger partial charge in [0.2, 0.25) is 0 Å². The maximum absolute atomic E-state index is 13.0. The number of pyridine rings is 1. The second-order valence-electron chi connectivity index (χ2n) is 13.2. The van der Waals surface area contributed by atoms with Crippen LogP contribution in [0.15, 0.2) is 35.5 Å². The van der Waals surface area contributed by atoms with E-state index in [9.17, 15) is 14.4 Å². The van der Waals surface area contributed by atoms with Gasteiger partial charge in [0.05, 0.1) is 30.1 Å². The molecule has 0 aliphatic carbocycles. The number of ketones is 1. The fourth-order valence-corrected chi connectivity index (χ4v) is 6.62. The summed E-state index contributed by atoms with van der Waals surface area (Å²) < 4.78 is 16.0. The third-order valence-corrected chi connectivity index (χ3v) is 8.73. The third-order valence-electron chi connectivity index (χ3n) is 8.73. The highest BCUT2D eigenvalue weighted by atomic mass is 16.6. The van der Waals surface area contributed by atoms with Crippen molar-refractivity contribution in [1.29, 1.82) is 0 Å². The lowest BCUT2D eigenvalue weighted by Gasteiger charge is -2.34. The highest BCUT2D eigenvalue weighted by Crippen LogP contribution is 2.48. The van der Waals surface area contributed by atoms with Gasteiger partial charge in [0.1, 0.15) is 11.4 Å². The van der Waals surface area contributed by atoms with Gasteiger partial charge in [-0.05, 0) is 64.5 Å². The van der Waals surface area contributed by atoms with Gasteiger partial charge in [-0.25, -0.2) is 4.79 Å². The highest BCUT2D eigenvalue weighted by Gasteiger charge is 2.34. The summed E-state index contributed by atoms with van der Waals surface area (Å²) in [6.45, 7) is 13.3. The Morgan fingerprint density at radius 3 is 2.52 bits per heavy atom. The molecule has 0 saturated carbocycles. The zero-order valence-corrected chi connectivity index (χ0v) is 25.4. The van der Waals surface area contributed by atoms with Crippen LogP contribution >= 0.6 is 0 Å². The number of hydrogen-bond donors (Lipinski definition) is 0. The van der Waals surface area contributed by atoms with Crippen molar-refractivity contribution in [2.24, 2.45) is 5.92 Å². The topological polar surface area (TPSA) is 95.7 Å². The third kappa shape index (κ3) is 5.03. The minimum absolute atomic E-state index is 0.123. The Bertz CT molecular complexity index is 1620. The molecule has 1 fully saturated rings. The van der Waals surface area contributed by atoms with Gasteiger partial charge < -0.3 is 18.9 Å². The maximum Gasteiger partial charge on any atom is 0.410 e. The molecular weight excluding hydrogens is 532 g/mol. The van der Waals surface area contributed by atoms with E-state index in [1.807, 2.05) is 31.6 Å². The number of piperidine rings is 1. The number of carbonyl (C=O) groups excluding carboxylic acids is 2. The molecule has 9 nitrogen and oxygen atoms in total. The van der Waals surface area contributed by atoms with Crippen LogP contribution in [0.5, 0.6) is 5.75 Å². The van der Waals surface area contributed by atoms with E-state index in [1.165, 1.54) is 12.5 Å². The van der Waals surface area contributed by atoms with Crippen molar-refractivity contribution in [3.05, 3.63) is 57.6 Å². The number of fused-ring (bicyclic) bond motifs is 5. The molecule has 2 aromatic heterocycles. The number of likely N-dealkylation sites (tertiary alicyclic amines) is 1. The molecule has 1 aromatic carbocycles. The number of carbonyl (C=O) groups is 2. The first-order chi connectivity index (χ1) is 19.9. The van der Waals surface area contributed by atoms with Crippen LogP contribution in [0.25, 0.3) is 22.4 Å². The fraction of sp³-hybridized carbons (Fsp3) is 0.515. The molecule has 3 aliphatic heterocycles. The van der Waals surface area contributed by atoms with Crippen molar-refractivity contribution in [1.82, 2.24) is 19.2 Å². The molecule has 1 saturated heterocycles. The second kappa shape index (κ2) is 10.4. The summed E-state index contributed by atoms with van der Waals surface area (Å²) in [5.41, 5.74) is 5.77. The van der Waals surface area contributed by atoms with E-state index in [0.29, 0.717) is 25.6 Å². The first-order valence-electron chi connectivity index (χ1n) is 15.0. The van der Waals surface area contributed by atoms with Crippen LogP contribution in [0.2, 0.25) is 0 Å². The smallest absolute Gasteiger partial charge is 0.410 e. The van der Waals surface area contributed by atoms with Crippen molar-refractivity contribution in [3.63, 3.8) is 0 Å². The molecule has 0 N–H and O–H groups in total. The molecule has 3 aromatic rings. The normalized spacial score (nSPS) is 18.4. The lowest BCUT2D eigenvalue weighted by Crippen LogP contribution is -2.42. The standard InChI is InChI=1S/C33H40N4O5/c1-19(2)27-14-21-13-25(22-16-34-37(17-22)23-7-10-35(11-8-23)32(40)42-33(4,5)6)31-24(9-12-41-31)30(21)28-15-29(39)26(20(3)38)18-36(27)28/h13,15-19,23,27H,7-12,14H2,1-6H3. The Morgan fingerprint density at radius 1 is 1.12 bits per heavy atom. The Labute approximate surface area is 246 Å².